The van der Waals surface area contributed by atoms with E-state index in [9.17, 15) is 29.3 Å². The Morgan fingerprint density at radius 1 is 1.15 bits per heavy atom. The first-order valence-corrected chi connectivity index (χ1v) is 10.2. The molecule has 1 saturated heterocycles. The molecule has 3 rings (SSSR count). The highest BCUT2D eigenvalue weighted by Crippen LogP contribution is 2.25. The van der Waals surface area contributed by atoms with Gasteiger partial charge in [-0.3, -0.25) is 39.7 Å². The van der Waals surface area contributed by atoms with Gasteiger partial charge in [0.2, 0.25) is 5.91 Å². The summed E-state index contributed by atoms with van der Waals surface area (Å²) in [6.07, 6.45) is -0.221. The predicted molar refractivity (Wildman–Crippen MR) is 116 cm³/mol. The van der Waals surface area contributed by atoms with Gasteiger partial charge >= 0.3 is 5.97 Å². The van der Waals surface area contributed by atoms with Crippen molar-refractivity contribution in [3.8, 4) is 0 Å². The summed E-state index contributed by atoms with van der Waals surface area (Å²) in [5.74, 6) is -3.53. The van der Waals surface area contributed by atoms with Crippen LogP contribution >= 0.6 is 23.2 Å². The topological polar surface area (TPSA) is 148 Å². The van der Waals surface area contributed by atoms with Gasteiger partial charge < -0.3 is 10.1 Å². The van der Waals surface area contributed by atoms with Gasteiger partial charge in [-0.1, -0.05) is 23.2 Å². The number of non-ortho nitro benzene ring substituents is 1. The lowest BCUT2D eigenvalue weighted by Gasteiger charge is -2.17. The van der Waals surface area contributed by atoms with Crippen molar-refractivity contribution in [3.63, 3.8) is 0 Å². The molecular formula is C20H16Cl2N4O7. The summed E-state index contributed by atoms with van der Waals surface area (Å²) in [6, 6.07) is 9.27. The van der Waals surface area contributed by atoms with E-state index < -0.39 is 41.1 Å². The summed E-state index contributed by atoms with van der Waals surface area (Å²) >= 11 is 11.8. The second-order valence-electron chi connectivity index (χ2n) is 6.93. The Labute approximate surface area is 196 Å². The average molecular weight is 495 g/mol. The molecule has 0 saturated carbocycles. The number of benzene rings is 2. The number of hydrogen-bond donors (Lipinski definition) is 2. The Morgan fingerprint density at radius 3 is 2.52 bits per heavy atom. The van der Waals surface area contributed by atoms with E-state index in [2.05, 4.69) is 10.7 Å². The van der Waals surface area contributed by atoms with Gasteiger partial charge in [-0.2, -0.15) is 0 Å². The molecule has 2 aromatic carbocycles. The van der Waals surface area contributed by atoms with Crippen LogP contribution in [-0.2, 0) is 19.1 Å². The summed E-state index contributed by atoms with van der Waals surface area (Å²) in [6.45, 7) is -0.764. The zero-order valence-corrected chi connectivity index (χ0v) is 18.3. The van der Waals surface area contributed by atoms with E-state index >= 15 is 0 Å². The number of nitro benzene ring substituents is 1. The van der Waals surface area contributed by atoms with Crippen LogP contribution in [0.4, 0.5) is 11.4 Å². The summed E-state index contributed by atoms with van der Waals surface area (Å²) < 4.78 is 4.97. The maximum Gasteiger partial charge on any atom is 0.311 e. The molecule has 1 fully saturated rings. The fourth-order valence-corrected chi connectivity index (χ4v) is 3.27. The van der Waals surface area contributed by atoms with Crippen LogP contribution in [0.3, 0.4) is 0 Å². The van der Waals surface area contributed by atoms with Gasteiger partial charge in [0.05, 0.1) is 28.1 Å². The number of hydrazine groups is 1. The third-order valence-electron chi connectivity index (χ3n) is 4.58. The van der Waals surface area contributed by atoms with Gasteiger partial charge in [-0.05, 0) is 30.3 Å². The maximum atomic E-state index is 12.3. The van der Waals surface area contributed by atoms with E-state index in [0.29, 0.717) is 5.02 Å². The lowest BCUT2D eigenvalue weighted by Crippen LogP contribution is -2.43. The minimum atomic E-state index is -0.891. The number of anilines is 1. The fraction of sp³-hybridized carbons (Fsp3) is 0.200. The van der Waals surface area contributed by atoms with Crippen molar-refractivity contribution in [1.82, 2.24) is 10.4 Å². The first-order chi connectivity index (χ1) is 15.6. The Balaban J connectivity index is 1.50. The minimum absolute atomic E-state index is 0.0933. The number of ether oxygens (including phenoxy) is 1. The molecule has 0 unspecified atom stereocenters. The van der Waals surface area contributed by atoms with Crippen molar-refractivity contribution in [3.05, 3.63) is 68.2 Å². The molecule has 11 nitrogen and oxygen atoms in total. The molecule has 1 atom stereocenters. The lowest BCUT2D eigenvalue weighted by atomic mass is 10.1. The van der Waals surface area contributed by atoms with Crippen molar-refractivity contribution < 1.29 is 28.8 Å². The van der Waals surface area contributed by atoms with Crippen LogP contribution in [0.5, 0.6) is 0 Å². The quantitative estimate of drug-likeness (QED) is 0.341. The third kappa shape index (κ3) is 6.18. The van der Waals surface area contributed by atoms with Crippen molar-refractivity contribution in [2.75, 3.05) is 18.5 Å². The fourth-order valence-electron chi connectivity index (χ4n) is 2.93. The van der Waals surface area contributed by atoms with Crippen molar-refractivity contribution >= 4 is 58.3 Å². The molecule has 13 heteroatoms. The van der Waals surface area contributed by atoms with E-state index in [0.717, 1.165) is 17.1 Å². The average Bonchev–Trinajstić information content (AvgIpc) is 3.14. The normalized spacial score (nSPS) is 15.2. The molecule has 0 aliphatic carbocycles. The molecule has 1 aliphatic heterocycles. The molecule has 0 spiro atoms. The zero-order valence-electron chi connectivity index (χ0n) is 16.7. The van der Waals surface area contributed by atoms with Crippen LogP contribution in [0, 0.1) is 16.0 Å². The molecule has 0 radical (unpaired) electrons. The second kappa shape index (κ2) is 10.3. The number of carbonyl (C=O) groups excluding carboxylic acids is 4. The molecular weight excluding hydrogens is 479 g/mol. The number of rotatable bonds is 7. The van der Waals surface area contributed by atoms with E-state index in [1.54, 1.807) is 6.07 Å². The number of nitrogens with zero attached hydrogens (tertiary/aromatic N) is 2. The minimum Gasteiger partial charge on any atom is -0.455 e. The number of esters is 1. The highest BCUT2D eigenvalue weighted by atomic mass is 35.5. The Kier molecular flexibility index (Phi) is 7.46. The van der Waals surface area contributed by atoms with Crippen LogP contribution in [0.2, 0.25) is 10.0 Å². The van der Waals surface area contributed by atoms with Gasteiger partial charge in [-0.25, -0.2) is 0 Å². The SMILES string of the molecule is O=C(COC(=O)[C@H]1CC(=O)N(NC(=O)c2ccc([N+](=O)[O-])cc2)C1)Nc1cc(Cl)ccc1Cl. The van der Waals surface area contributed by atoms with Crippen molar-refractivity contribution in [2.24, 2.45) is 5.92 Å². The highest BCUT2D eigenvalue weighted by molar-refractivity contribution is 6.35. The summed E-state index contributed by atoms with van der Waals surface area (Å²) in [5.41, 5.74) is 2.51. The van der Waals surface area contributed by atoms with Crippen LogP contribution in [0.25, 0.3) is 0 Å². The Morgan fingerprint density at radius 2 is 1.85 bits per heavy atom. The summed E-state index contributed by atoms with van der Waals surface area (Å²) in [7, 11) is 0. The van der Waals surface area contributed by atoms with Gasteiger partial charge in [-0.15, -0.1) is 0 Å². The van der Waals surface area contributed by atoms with E-state index in [-0.39, 0.29) is 34.9 Å². The zero-order chi connectivity index (χ0) is 24.1. The maximum absolute atomic E-state index is 12.3. The highest BCUT2D eigenvalue weighted by Gasteiger charge is 2.36. The molecule has 0 bridgehead atoms. The molecule has 2 N–H and O–H groups in total. The largest absolute Gasteiger partial charge is 0.455 e. The summed E-state index contributed by atoms with van der Waals surface area (Å²) in [5, 5.41) is 14.7. The van der Waals surface area contributed by atoms with Crippen LogP contribution < -0.4 is 10.7 Å². The smallest absolute Gasteiger partial charge is 0.311 e. The standard InChI is InChI=1S/C20H16Cl2N4O7/c21-13-3-6-15(22)16(8-13)23-17(27)10-33-20(30)12-7-18(28)25(9-12)24-19(29)11-1-4-14(5-2-11)26(31)32/h1-6,8,12H,7,9-10H2,(H,23,27)(H,24,29)/t12-/m0/s1. The molecule has 2 aromatic rings. The number of hydrogen-bond acceptors (Lipinski definition) is 7. The number of carbonyl (C=O) groups is 4. The Hall–Kier alpha value is -3.70. The van der Waals surface area contributed by atoms with E-state index in [1.807, 2.05) is 0 Å². The number of amides is 3. The number of nitrogens with one attached hydrogen (secondary N) is 2. The van der Waals surface area contributed by atoms with Crippen molar-refractivity contribution in [2.45, 2.75) is 6.42 Å². The summed E-state index contributed by atoms with van der Waals surface area (Å²) in [4.78, 5) is 58.8. The predicted octanol–water partition coefficient (Wildman–Crippen LogP) is 2.58. The first-order valence-electron chi connectivity index (χ1n) is 9.41. The van der Waals surface area contributed by atoms with Gasteiger partial charge in [0.25, 0.3) is 17.5 Å². The molecule has 3 amide bonds. The Bertz CT molecular complexity index is 1120. The molecule has 33 heavy (non-hydrogen) atoms. The molecule has 0 aromatic heterocycles. The van der Waals surface area contributed by atoms with Gasteiger partial charge in [0.15, 0.2) is 6.61 Å². The third-order valence-corrected chi connectivity index (χ3v) is 5.15. The molecule has 172 valence electrons. The van der Waals surface area contributed by atoms with Crippen LogP contribution in [0.1, 0.15) is 16.8 Å². The van der Waals surface area contributed by atoms with E-state index in [1.165, 1.54) is 24.3 Å². The second-order valence-corrected chi connectivity index (χ2v) is 7.77. The molecule has 1 aliphatic rings. The van der Waals surface area contributed by atoms with Crippen molar-refractivity contribution in [1.29, 1.82) is 0 Å². The number of halogens is 2. The number of nitro groups is 1. The van der Waals surface area contributed by atoms with Crippen LogP contribution in [0.15, 0.2) is 42.5 Å². The monoisotopic (exact) mass is 494 g/mol. The molecule has 1 heterocycles. The van der Waals surface area contributed by atoms with Gasteiger partial charge in [0, 0.05) is 29.1 Å². The first kappa shape index (κ1) is 24.0. The lowest BCUT2D eigenvalue weighted by molar-refractivity contribution is -0.384. The van der Waals surface area contributed by atoms with Crippen LogP contribution in [-0.4, -0.2) is 46.8 Å². The van der Waals surface area contributed by atoms with Gasteiger partial charge in [0.1, 0.15) is 0 Å². The van der Waals surface area contributed by atoms with E-state index in [4.69, 9.17) is 27.9 Å².